The number of benzene rings is 1. The SMILES string of the molecule is Cc1nn(C)cc1Nc1cc(C#N)ccc1[N+](=O)[O-]. The number of hydrogen-bond acceptors (Lipinski definition) is 5. The van der Waals surface area contributed by atoms with E-state index in [9.17, 15) is 10.1 Å². The van der Waals surface area contributed by atoms with Gasteiger partial charge in [0.25, 0.3) is 5.69 Å². The van der Waals surface area contributed by atoms with Gasteiger partial charge in [0.2, 0.25) is 0 Å². The second-order valence-electron chi connectivity index (χ2n) is 4.03. The standard InChI is InChI=1S/C12H11N5O2/c1-8-11(7-16(2)15-8)14-10-5-9(6-13)3-4-12(10)17(18)19/h3-5,7,14H,1-2H3. The van der Waals surface area contributed by atoms with Gasteiger partial charge in [-0.3, -0.25) is 14.8 Å². The lowest BCUT2D eigenvalue weighted by Gasteiger charge is -2.05. The Morgan fingerprint density at radius 3 is 2.74 bits per heavy atom. The minimum absolute atomic E-state index is 0.0812. The molecule has 1 aromatic heterocycles. The van der Waals surface area contributed by atoms with E-state index in [1.165, 1.54) is 18.2 Å². The summed E-state index contributed by atoms with van der Waals surface area (Å²) in [5.41, 5.74) is 1.94. The molecule has 7 nitrogen and oxygen atoms in total. The zero-order chi connectivity index (χ0) is 14.0. The van der Waals surface area contributed by atoms with Gasteiger partial charge in [0, 0.05) is 19.3 Å². The maximum absolute atomic E-state index is 11.0. The van der Waals surface area contributed by atoms with E-state index in [-0.39, 0.29) is 11.4 Å². The zero-order valence-electron chi connectivity index (χ0n) is 10.4. The van der Waals surface area contributed by atoms with Crippen molar-refractivity contribution in [1.82, 2.24) is 9.78 Å². The van der Waals surface area contributed by atoms with Crippen LogP contribution >= 0.6 is 0 Å². The fraction of sp³-hybridized carbons (Fsp3) is 0.167. The molecule has 0 saturated carbocycles. The highest BCUT2D eigenvalue weighted by atomic mass is 16.6. The van der Waals surface area contributed by atoms with Gasteiger partial charge in [-0.25, -0.2) is 0 Å². The van der Waals surface area contributed by atoms with E-state index in [2.05, 4.69) is 10.4 Å². The van der Waals surface area contributed by atoms with E-state index in [4.69, 9.17) is 5.26 Å². The van der Waals surface area contributed by atoms with E-state index in [0.29, 0.717) is 11.3 Å². The first-order valence-corrected chi connectivity index (χ1v) is 5.47. The van der Waals surface area contributed by atoms with Crippen LogP contribution in [-0.2, 0) is 7.05 Å². The number of nitrogens with one attached hydrogen (secondary N) is 1. The molecule has 19 heavy (non-hydrogen) atoms. The highest BCUT2D eigenvalue weighted by molar-refractivity contribution is 5.71. The first-order chi connectivity index (χ1) is 9.01. The number of nitro benzene ring substituents is 1. The third-order valence-corrected chi connectivity index (χ3v) is 2.61. The van der Waals surface area contributed by atoms with Crippen LogP contribution < -0.4 is 5.32 Å². The summed E-state index contributed by atoms with van der Waals surface area (Å²) in [6.07, 6.45) is 1.72. The van der Waals surface area contributed by atoms with Crippen molar-refractivity contribution < 1.29 is 4.92 Å². The van der Waals surface area contributed by atoms with Crippen molar-refractivity contribution in [2.24, 2.45) is 7.05 Å². The molecule has 0 aliphatic rings. The Labute approximate surface area is 109 Å². The highest BCUT2D eigenvalue weighted by Crippen LogP contribution is 2.29. The smallest absolute Gasteiger partial charge is 0.292 e. The lowest BCUT2D eigenvalue weighted by Crippen LogP contribution is -1.98. The van der Waals surface area contributed by atoms with Gasteiger partial charge >= 0.3 is 0 Å². The second kappa shape index (κ2) is 4.78. The van der Waals surface area contributed by atoms with E-state index in [1.54, 1.807) is 24.9 Å². The van der Waals surface area contributed by atoms with E-state index in [1.807, 2.05) is 6.07 Å². The van der Waals surface area contributed by atoms with Crippen molar-refractivity contribution in [2.45, 2.75) is 6.92 Å². The normalized spacial score (nSPS) is 9.95. The first-order valence-electron chi connectivity index (χ1n) is 5.47. The molecule has 0 unspecified atom stereocenters. The molecule has 0 fully saturated rings. The van der Waals surface area contributed by atoms with Gasteiger partial charge < -0.3 is 5.32 Å². The van der Waals surface area contributed by atoms with Crippen LogP contribution in [0.3, 0.4) is 0 Å². The summed E-state index contributed by atoms with van der Waals surface area (Å²) in [5.74, 6) is 0. The number of nitriles is 1. The van der Waals surface area contributed by atoms with Gasteiger partial charge in [0.05, 0.1) is 27.9 Å². The molecule has 2 rings (SSSR count). The van der Waals surface area contributed by atoms with Crippen molar-refractivity contribution in [3.8, 4) is 6.07 Å². The number of rotatable bonds is 3. The molecule has 1 N–H and O–H groups in total. The Morgan fingerprint density at radius 2 is 2.21 bits per heavy atom. The van der Waals surface area contributed by atoms with Gasteiger partial charge in [-0.1, -0.05) is 0 Å². The van der Waals surface area contributed by atoms with Crippen LogP contribution in [0.1, 0.15) is 11.3 Å². The molecule has 1 heterocycles. The van der Waals surface area contributed by atoms with Crippen LogP contribution in [-0.4, -0.2) is 14.7 Å². The molecular formula is C12H11N5O2. The number of nitro groups is 1. The Bertz CT molecular complexity index is 684. The topological polar surface area (TPSA) is 96.8 Å². The molecule has 0 aliphatic heterocycles. The second-order valence-corrected chi connectivity index (χ2v) is 4.03. The van der Waals surface area contributed by atoms with Crippen LogP contribution in [0.2, 0.25) is 0 Å². The summed E-state index contributed by atoms with van der Waals surface area (Å²) < 4.78 is 1.61. The number of hydrogen-bond donors (Lipinski definition) is 1. The molecule has 0 spiro atoms. The van der Waals surface area contributed by atoms with Gasteiger partial charge in [-0.05, 0) is 19.1 Å². The third kappa shape index (κ3) is 2.52. The fourth-order valence-electron chi connectivity index (χ4n) is 1.73. The minimum atomic E-state index is -0.491. The number of aromatic nitrogens is 2. The summed E-state index contributed by atoms with van der Waals surface area (Å²) in [6, 6.07) is 6.13. The Balaban J connectivity index is 2.46. The Morgan fingerprint density at radius 1 is 1.47 bits per heavy atom. The lowest BCUT2D eigenvalue weighted by atomic mass is 10.2. The molecule has 0 aliphatic carbocycles. The number of nitrogens with zero attached hydrogens (tertiary/aromatic N) is 4. The lowest BCUT2D eigenvalue weighted by molar-refractivity contribution is -0.383. The monoisotopic (exact) mass is 257 g/mol. The number of aryl methyl sites for hydroxylation is 2. The molecule has 0 bridgehead atoms. The summed E-state index contributed by atoms with van der Waals surface area (Å²) in [5, 5.41) is 26.9. The Hall–Kier alpha value is -2.88. The maximum atomic E-state index is 11.0. The third-order valence-electron chi connectivity index (χ3n) is 2.61. The molecular weight excluding hydrogens is 246 g/mol. The van der Waals surface area contributed by atoms with Crippen LogP contribution in [0.5, 0.6) is 0 Å². The van der Waals surface area contributed by atoms with Gasteiger partial charge in [0.15, 0.2) is 0 Å². The van der Waals surface area contributed by atoms with Crippen LogP contribution in [0.4, 0.5) is 17.1 Å². The molecule has 0 amide bonds. The van der Waals surface area contributed by atoms with Crippen molar-refractivity contribution in [3.05, 3.63) is 45.8 Å². The van der Waals surface area contributed by atoms with Crippen LogP contribution in [0, 0.1) is 28.4 Å². The van der Waals surface area contributed by atoms with Crippen molar-refractivity contribution >= 4 is 17.1 Å². The highest BCUT2D eigenvalue weighted by Gasteiger charge is 2.16. The van der Waals surface area contributed by atoms with Crippen LogP contribution in [0.15, 0.2) is 24.4 Å². The maximum Gasteiger partial charge on any atom is 0.292 e. The van der Waals surface area contributed by atoms with Gasteiger partial charge in [-0.2, -0.15) is 10.4 Å². The average Bonchev–Trinajstić information content (AvgIpc) is 2.67. The van der Waals surface area contributed by atoms with Crippen molar-refractivity contribution in [3.63, 3.8) is 0 Å². The predicted molar refractivity (Wildman–Crippen MR) is 69.0 cm³/mol. The summed E-state index contributed by atoms with van der Waals surface area (Å²) in [7, 11) is 1.76. The molecule has 2 aromatic rings. The molecule has 0 atom stereocenters. The Kier molecular flexibility index (Phi) is 3.16. The van der Waals surface area contributed by atoms with E-state index >= 15 is 0 Å². The molecule has 1 aromatic carbocycles. The largest absolute Gasteiger partial charge is 0.347 e. The zero-order valence-corrected chi connectivity index (χ0v) is 10.4. The summed E-state index contributed by atoms with van der Waals surface area (Å²) in [6.45, 7) is 1.79. The van der Waals surface area contributed by atoms with Gasteiger partial charge in [-0.15, -0.1) is 0 Å². The molecule has 0 saturated heterocycles. The predicted octanol–water partition coefficient (Wildman–Crippen LogP) is 2.25. The van der Waals surface area contributed by atoms with Gasteiger partial charge in [0.1, 0.15) is 5.69 Å². The summed E-state index contributed by atoms with van der Waals surface area (Å²) in [4.78, 5) is 10.5. The fourth-order valence-corrected chi connectivity index (χ4v) is 1.73. The molecule has 96 valence electrons. The summed E-state index contributed by atoms with van der Waals surface area (Å²) >= 11 is 0. The minimum Gasteiger partial charge on any atom is -0.347 e. The van der Waals surface area contributed by atoms with Crippen molar-refractivity contribution in [1.29, 1.82) is 5.26 Å². The number of anilines is 2. The van der Waals surface area contributed by atoms with E-state index in [0.717, 1.165) is 5.69 Å². The molecule has 0 radical (unpaired) electrons. The van der Waals surface area contributed by atoms with E-state index < -0.39 is 4.92 Å². The first kappa shape index (κ1) is 12.6. The van der Waals surface area contributed by atoms with Crippen molar-refractivity contribution in [2.75, 3.05) is 5.32 Å². The van der Waals surface area contributed by atoms with Crippen LogP contribution in [0.25, 0.3) is 0 Å². The molecule has 7 heteroatoms. The quantitative estimate of drug-likeness (QED) is 0.671. The average molecular weight is 257 g/mol.